The molecular formula is C23H24N2O4. The van der Waals surface area contributed by atoms with Crippen LogP contribution in [0.25, 0.3) is 11.5 Å². The molecule has 0 radical (unpaired) electrons. The lowest BCUT2D eigenvalue weighted by Gasteiger charge is -2.19. The third-order valence-electron chi connectivity index (χ3n) is 4.26. The highest BCUT2D eigenvalue weighted by molar-refractivity contribution is 5.96. The molecule has 6 nitrogen and oxygen atoms in total. The molecule has 3 aromatic rings. The van der Waals surface area contributed by atoms with Gasteiger partial charge in [-0.2, -0.15) is 0 Å². The number of carbonyl (C=O) groups is 2. The van der Waals surface area contributed by atoms with Crippen LogP contribution in [0.4, 0.5) is 0 Å². The number of benzene rings is 2. The summed E-state index contributed by atoms with van der Waals surface area (Å²) in [6, 6.07) is 17.5. The van der Waals surface area contributed by atoms with Crippen molar-refractivity contribution in [2.24, 2.45) is 5.92 Å². The maximum absolute atomic E-state index is 12.6. The molecule has 150 valence electrons. The molecule has 29 heavy (non-hydrogen) atoms. The van der Waals surface area contributed by atoms with E-state index >= 15 is 0 Å². The van der Waals surface area contributed by atoms with Gasteiger partial charge in [-0.3, -0.25) is 4.79 Å². The molecule has 2 aromatic carbocycles. The summed E-state index contributed by atoms with van der Waals surface area (Å²) in [5, 5.41) is 2.77. The molecule has 0 fully saturated rings. The van der Waals surface area contributed by atoms with E-state index in [-0.39, 0.29) is 18.4 Å². The minimum absolute atomic E-state index is 0.0472. The highest BCUT2D eigenvalue weighted by Gasteiger charge is 2.24. The zero-order chi connectivity index (χ0) is 20.6. The third kappa shape index (κ3) is 5.78. The van der Waals surface area contributed by atoms with Gasteiger partial charge in [-0.25, -0.2) is 9.78 Å². The quantitative estimate of drug-likeness (QED) is 0.580. The predicted octanol–water partition coefficient (Wildman–Crippen LogP) is 4.23. The first kappa shape index (κ1) is 20.3. The summed E-state index contributed by atoms with van der Waals surface area (Å²) in [4.78, 5) is 29.2. The van der Waals surface area contributed by atoms with Crippen LogP contribution >= 0.6 is 0 Å². The van der Waals surface area contributed by atoms with Crippen LogP contribution < -0.4 is 5.32 Å². The van der Waals surface area contributed by atoms with E-state index in [0.717, 1.165) is 5.56 Å². The number of amides is 1. The highest BCUT2D eigenvalue weighted by atomic mass is 16.5. The molecule has 1 amide bonds. The van der Waals surface area contributed by atoms with Crippen molar-refractivity contribution in [1.29, 1.82) is 0 Å². The monoisotopic (exact) mass is 392 g/mol. The normalized spacial score (nSPS) is 11.8. The number of carbonyl (C=O) groups excluding carboxylic acids is 2. The SMILES string of the molecule is CC(C)C[C@@H](NC(=O)c1ccccc1)C(=O)OCc1cnc(-c2ccccc2)o1. The van der Waals surface area contributed by atoms with Crippen molar-refractivity contribution in [2.45, 2.75) is 32.9 Å². The molecule has 1 heterocycles. The second-order valence-corrected chi connectivity index (χ2v) is 7.13. The molecule has 0 aliphatic rings. The van der Waals surface area contributed by atoms with Crippen molar-refractivity contribution in [3.8, 4) is 11.5 Å². The lowest BCUT2D eigenvalue weighted by Crippen LogP contribution is -2.42. The van der Waals surface area contributed by atoms with E-state index in [1.165, 1.54) is 6.20 Å². The van der Waals surface area contributed by atoms with Gasteiger partial charge in [-0.05, 0) is 36.6 Å². The fourth-order valence-corrected chi connectivity index (χ4v) is 2.85. The Morgan fingerprint density at radius 2 is 1.69 bits per heavy atom. The number of hydrogen-bond donors (Lipinski definition) is 1. The van der Waals surface area contributed by atoms with Crippen LogP contribution in [0.15, 0.2) is 71.3 Å². The molecule has 1 aromatic heterocycles. The first-order chi connectivity index (χ1) is 14.0. The van der Waals surface area contributed by atoms with Crippen LogP contribution in [0.2, 0.25) is 0 Å². The molecule has 1 atom stereocenters. The average Bonchev–Trinajstić information content (AvgIpc) is 3.21. The zero-order valence-corrected chi connectivity index (χ0v) is 16.5. The molecule has 6 heteroatoms. The molecular weight excluding hydrogens is 368 g/mol. The number of oxazole rings is 1. The number of hydrogen-bond acceptors (Lipinski definition) is 5. The first-order valence-corrected chi connectivity index (χ1v) is 9.55. The molecule has 1 N–H and O–H groups in total. The van der Waals surface area contributed by atoms with Gasteiger partial charge in [0.2, 0.25) is 5.89 Å². The lowest BCUT2D eigenvalue weighted by molar-refractivity contribution is -0.148. The van der Waals surface area contributed by atoms with Crippen molar-refractivity contribution in [2.75, 3.05) is 0 Å². The number of aromatic nitrogens is 1. The van der Waals surface area contributed by atoms with Crippen LogP contribution in [-0.4, -0.2) is 22.9 Å². The Hall–Kier alpha value is -3.41. The standard InChI is InChI=1S/C23H24N2O4/c1-16(2)13-20(25-21(26)17-9-5-3-6-10-17)23(27)28-15-19-14-24-22(29-19)18-11-7-4-8-12-18/h3-12,14,16,20H,13,15H2,1-2H3,(H,25,26)/t20-/m1/s1. The Kier molecular flexibility index (Phi) is 6.79. The minimum atomic E-state index is -0.737. The molecule has 0 saturated heterocycles. The Morgan fingerprint density at radius 3 is 2.34 bits per heavy atom. The summed E-state index contributed by atoms with van der Waals surface area (Å²) in [6.07, 6.45) is 2.01. The van der Waals surface area contributed by atoms with Gasteiger partial charge in [0.1, 0.15) is 6.04 Å². The summed E-state index contributed by atoms with van der Waals surface area (Å²) in [7, 11) is 0. The van der Waals surface area contributed by atoms with E-state index in [1.54, 1.807) is 24.3 Å². The van der Waals surface area contributed by atoms with Crippen LogP contribution in [0.5, 0.6) is 0 Å². The highest BCUT2D eigenvalue weighted by Crippen LogP contribution is 2.19. The van der Waals surface area contributed by atoms with Crippen LogP contribution in [0.3, 0.4) is 0 Å². The van der Waals surface area contributed by atoms with Crippen molar-refractivity contribution in [1.82, 2.24) is 10.3 Å². The van der Waals surface area contributed by atoms with Gasteiger partial charge in [-0.15, -0.1) is 0 Å². The molecule has 0 saturated carbocycles. The minimum Gasteiger partial charge on any atom is -0.456 e. The molecule has 0 aliphatic carbocycles. The van der Waals surface area contributed by atoms with Crippen LogP contribution in [-0.2, 0) is 16.1 Å². The van der Waals surface area contributed by atoms with Gasteiger partial charge in [0, 0.05) is 11.1 Å². The van der Waals surface area contributed by atoms with Crippen LogP contribution in [0.1, 0.15) is 36.4 Å². The second kappa shape index (κ2) is 9.68. The van der Waals surface area contributed by atoms with E-state index in [9.17, 15) is 9.59 Å². The summed E-state index contributed by atoms with van der Waals surface area (Å²) in [6.45, 7) is 3.92. The summed E-state index contributed by atoms with van der Waals surface area (Å²) in [5.74, 6) is 0.307. The summed E-state index contributed by atoms with van der Waals surface area (Å²) >= 11 is 0. The number of nitrogens with zero attached hydrogens (tertiary/aromatic N) is 1. The van der Waals surface area contributed by atoms with E-state index in [0.29, 0.717) is 23.6 Å². The Labute approximate surface area is 169 Å². The van der Waals surface area contributed by atoms with E-state index < -0.39 is 12.0 Å². The molecule has 3 rings (SSSR count). The van der Waals surface area contributed by atoms with Crippen molar-refractivity contribution >= 4 is 11.9 Å². The van der Waals surface area contributed by atoms with E-state index in [2.05, 4.69) is 10.3 Å². The van der Waals surface area contributed by atoms with Gasteiger partial charge in [0.05, 0.1) is 6.20 Å². The summed E-state index contributed by atoms with van der Waals surface area (Å²) < 4.78 is 11.0. The zero-order valence-electron chi connectivity index (χ0n) is 16.5. The fraction of sp³-hybridized carbons (Fsp3) is 0.261. The Balaban J connectivity index is 1.61. The number of esters is 1. The maximum atomic E-state index is 12.6. The predicted molar refractivity (Wildman–Crippen MR) is 109 cm³/mol. The fourth-order valence-electron chi connectivity index (χ4n) is 2.85. The van der Waals surface area contributed by atoms with Gasteiger partial charge < -0.3 is 14.5 Å². The Morgan fingerprint density at radius 1 is 1.03 bits per heavy atom. The number of rotatable bonds is 8. The van der Waals surface area contributed by atoms with Gasteiger partial charge in [-0.1, -0.05) is 50.2 Å². The third-order valence-corrected chi connectivity index (χ3v) is 4.26. The molecule has 0 unspecified atom stereocenters. The Bertz CT molecular complexity index is 936. The van der Waals surface area contributed by atoms with Crippen molar-refractivity contribution < 1.29 is 18.7 Å². The van der Waals surface area contributed by atoms with Gasteiger partial charge in [0.15, 0.2) is 12.4 Å². The van der Waals surface area contributed by atoms with Crippen molar-refractivity contribution in [3.05, 3.63) is 78.2 Å². The van der Waals surface area contributed by atoms with Gasteiger partial charge in [0.25, 0.3) is 5.91 Å². The smallest absolute Gasteiger partial charge is 0.329 e. The van der Waals surface area contributed by atoms with Crippen molar-refractivity contribution in [3.63, 3.8) is 0 Å². The molecule has 0 spiro atoms. The second-order valence-electron chi connectivity index (χ2n) is 7.13. The topological polar surface area (TPSA) is 81.4 Å². The lowest BCUT2D eigenvalue weighted by atomic mass is 10.0. The first-order valence-electron chi connectivity index (χ1n) is 9.55. The van der Waals surface area contributed by atoms with Gasteiger partial charge >= 0.3 is 5.97 Å². The molecule has 0 bridgehead atoms. The van der Waals surface area contributed by atoms with E-state index in [1.807, 2.05) is 50.2 Å². The summed E-state index contributed by atoms with van der Waals surface area (Å²) in [5.41, 5.74) is 1.34. The van der Waals surface area contributed by atoms with Crippen LogP contribution in [0, 0.1) is 5.92 Å². The molecule has 0 aliphatic heterocycles. The number of ether oxygens (including phenoxy) is 1. The largest absolute Gasteiger partial charge is 0.456 e. The average molecular weight is 392 g/mol. The maximum Gasteiger partial charge on any atom is 0.329 e. The van der Waals surface area contributed by atoms with E-state index in [4.69, 9.17) is 9.15 Å². The number of nitrogens with one attached hydrogen (secondary N) is 1.